The Bertz CT molecular complexity index is 373. The minimum Gasteiger partial charge on any atom is -0.351 e. The molecule has 1 rings (SSSR count). The van der Waals surface area contributed by atoms with Crippen molar-refractivity contribution in [2.45, 2.75) is 51.6 Å². The van der Waals surface area contributed by atoms with E-state index < -0.39 is 0 Å². The van der Waals surface area contributed by atoms with Gasteiger partial charge in [0.25, 0.3) is 0 Å². The Labute approximate surface area is 110 Å². The van der Waals surface area contributed by atoms with Crippen LogP contribution in [0.3, 0.4) is 0 Å². The second-order valence-corrected chi connectivity index (χ2v) is 5.40. The first-order chi connectivity index (χ1) is 8.44. The van der Waals surface area contributed by atoms with Crippen molar-refractivity contribution in [3.8, 4) is 0 Å². The summed E-state index contributed by atoms with van der Waals surface area (Å²) in [5.74, 6) is 0.0183. The van der Waals surface area contributed by atoms with Crippen LogP contribution in [-0.4, -0.2) is 11.4 Å². The van der Waals surface area contributed by atoms with Crippen LogP contribution in [0.15, 0.2) is 30.3 Å². The number of benzene rings is 1. The van der Waals surface area contributed by atoms with Crippen molar-refractivity contribution in [1.82, 2.24) is 5.32 Å². The predicted octanol–water partition coefficient (Wildman–Crippen LogP) is 2.77. The van der Waals surface area contributed by atoms with Crippen LogP contribution in [0.5, 0.6) is 0 Å². The summed E-state index contributed by atoms with van der Waals surface area (Å²) in [6.45, 7) is 6.20. The number of hydrogen-bond acceptors (Lipinski definition) is 2. The van der Waals surface area contributed by atoms with E-state index in [0.29, 0.717) is 6.42 Å². The highest BCUT2D eigenvalue weighted by Crippen LogP contribution is 2.15. The fourth-order valence-electron chi connectivity index (χ4n) is 2.13. The second kappa shape index (κ2) is 6.55. The molecular weight excluding hydrogens is 224 g/mol. The van der Waals surface area contributed by atoms with Crippen LogP contribution in [-0.2, 0) is 4.79 Å². The highest BCUT2D eigenvalue weighted by Gasteiger charge is 2.20. The quantitative estimate of drug-likeness (QED) is 0.813. The minimum atomic E-state index is -0.233. The summed E-state index contributed by atoms with van der Waals surface area (Å²) in [6, 6.07) is 9.50. The number of carbonyl (C=O) groups excluding carboxylic acids is 1. The molecule has 0 aromatic heterocycles. The largest absolute Gasteiger partial charge is 0.351 e. The lowest BCUT2D eigenvalue weighted by Gasteiger charge is -2.26. The van der Waals surface area contributed by atoms with Gasteiger partial charge in [0.1, 0.15) is 0 Å². The van der Waals surface area contributed by atoms with Crippen molar-refractivity contribution >= 4 is 5.91 Å². The third-order valence-electron chi connectivity index (χ3n) is 2.99. The van der Waals surface area contributed by atoms with Gasteiger partial charge in [-0.3, -0.25) is 4.79 Å². The van der Waals surface area contributed by atoms with Crippen LogP contribution in [0.4, 0.5) is 0 Å². The van der Waals surface area contributed by atoms with Crippen molar-refractivity contribution in [1.29, 1.82) is 0 Å². The zero-order valence-corrected chi connectivity index (χ0v) is 11.6. The number of nitrogens with one attached hydrogen (secondary N) is 1. The number of amides is 1. The molecule has 100 valence electrons. The van der Waals surface area contributed by atoms with E-state index in [1.165, 1.54) is 0 Å². The number of carbonyl (C=O) groups is 1. The maximum Gasteiger partial charge on any atom is 0.222 e. The lowest BCUT2D eigenvalue weighted by atomic mass is 9.97. The van der Waals surface area contributed by atoms with E-state index in [0.717, 1.165) is 18.4 Å². The molecule has 3 heteroatoms. The predicted molar refractivity (Wildman–Crippen MR) is 75.1 cm³/mol. The molecule has 0 spiro atoms. The van der Waals surface area contributed by atoms with Crippen LogP contribution in [0.1, 0.15) is 51.6 Å². The second-order valence-electron chi connectivity index (χ2n) is 5.40. The summed E-state index contributed by atoms with van der Waals surface area (Å²) in [4.78, 5) is 11.9. The number of hydrogen-bond donors (Lipinski definition) is 2. The van der Waals surface area contributed by atoms with Crippen molar-refractivity contribution < 1.29 is 4.79 Å². The molecule has 0 bridgehead atoms. The molecule has 0 saturated heterocycles. The van der Waals surface area contributed by atoms with E-state index in [-0.39, 0.29) is 17.5 Å². The maximum atomic E-state index is 11.9. The minimum absolute atomic E-state index is 0.0183. The summed E-state index contributed by atoms with van der Waals surface area (Å²) >= 11 is 0. The van der Waals surface area contributed by atoms with Gasteiger partial charge in [-0.05, 0) is 25.8 Å². The topological polar surface area (TPSA) is 55.1 Å². The molecule has 0 aliphatic carbocycles. The van der Waals surface area contributed by atoms with Gasteiger partial charge in [0.2, 0.25) is 5.91 Å². The summed E-state index contributed by atoms with van der Waals surface area (Å²) in [7, 11) is 0. The van der Waals surface area contributed by atoms with Crippen LogP contribution in [0.25, 0.3) is 0 Å². The van der Waals surface area contributed by atoms with Gasteiger partial charge in [0.15, 0.2) is 0 Å². The monoisotopic (exact) mass is 248 g/mol. The number of nitrogens with two attached hydrogens (primary N) is 1. The van der Waals surface area contributed by atoms with Gasteiger partial charge >= 0.3 is 0 Å². The normalized spacial score (nSPS) is 13.1. The molecule has 0 aliphatic rings. The first kappa shape index (κ1) is 14.7. The smallest absolute Gasteiger partial charge is 0.222 e. The molecule has 0 saturated carbocycles. The van der Waals surface area contributed by atoms with E-state index in [4.69, 9.17) is 5.73 Å². The van der Waals surface area contributed by atoms with Gasteiger partial charge in [-0.1, -0.05) is 43.7 Å². The Hall–Kier alpha value is -1.35. The molecule has 18 heavy (non-hydrogen) atoms. The molecule has 1 amide bonds. The lowest BCUT2D eigenvalue weighted by molar-refractivity contribution is -0.123. The van der Waals surface area contributed by atoms with E-state index >= 15 is 0 Å². The van der Waals surface area contributed by atoms with Crippen LogP contribution >= 0.6 is 0 Å². The van der Waals surface area contributed by atoms with Crippen LogP contribution < -0.4 is 11.1 Å². The van der Waals surface area contributed by atoms with E-state index in [2.05, 4.69) is 12.2 Å². The van der Waals surface area contributed by atoms with Crippen molar-refractivity contribution in [3.05, 3.63) is 35.9 Å². The lowest BCUT2D eigenvalue weighted by Crippen LogP contribution is -2.44. The molecule has 0 aliphatic heterocycles. The Balaban J connectivity index is 2.50. The summed E-state index contributed by atoms with van der Waals surface area (Å²) in [6.07, 6.45) is 2.36. The van der Waals surface area contributed by atoms with Crippen molar-refractivity contribution in [2.24, 2.45) is 5.73 Å². The zero-order valence-electron chi connectivity index (χ0n) is 11.6. The standard InChI is InChI=1S/C15H24N2O/c1-4-10-15(2,3)17-14(18)11-13(16)12-8-6-5-7-9-12/h5-9,13H,4,10-11,16H2,1-3H3,(H,17,18). The highest BCUT2D eigenvalue weighted by atomic mass is 16.1. The Morgan fingerprint density at radius 3 is 2.50 bits per heavy atom. The molecule has 3 nitrogen and oxygen atoms in total. The van der Waals surface area contributed by atoms with Crippen LogP contribution in [0, 0.1) is 0 Å². The van der Waals surface area contributed by atoms with E-state index in [9.17, 15) is 4.79 Å². The molecule has 0 radical (unpaired) electrons. The fraction of sp³-hybridized carbons (Fsp3) is 0.533. The first-order valence-electron chi connectivity index (χ1n) is 6.56. The molecule has 1 unspecified atom stereocenters. The fourth-order valence-corrected chi connectivity index (χ4v) is 2.13. The van der Waals surface area contributed by atoms with E-state index in [1.54, 1.807) is 0 Å². The summed E-state index contributed by atoms with van der Waals surface area (Å²) in [5.41, 5.74) is 6.88. The third kappa shape index (κ3) is 4.88. The molecular formula is C15H24N2O. The summed E-state index contributed by atoms with van der Waals surface area (Å²) < 4.78 is 0. The van der Waals surface area contributed by atoms with Crippen molar-refractivity contribution in [3.63, 3.8) is 0 Å². The Morgan fingerprint density at radius 1 is 1.33 bits per heavy atom. The Kier molecular flexibility index (Phi) is 5.35. The van der Waals surface area contributed by atoms with Gasteiger partial charge in [-0.25, -0.2) is 0 Å². The zero-order chi connectivity index (χ0) is 13.6. The average molecular weight is 248 g/mol. The van der Waals surface area contributed by atoms with Crippen molar-refractivity contribution in [2.75, 3.05) is 0 Å². The third-order valence-corrected chi connectivity index (χ3v) is 2.99. The molecule has 0 heterocycles. The number of rotatable bonds is 6. The average Bonchev–Trinajstić information content (AvgIpc) is 2.28. The van der Waals surface area contributed by atoms with Gasteiger partial charge < -0.3 is 11.1 Å². The molecule has 3 N–H and O–H groups in total. The van der Waals surface area contributed by atoms with Gasteiger partial charge in [-0.15, -0.1) is 0 Å². The Morgan fingerprint density at radius 2 is 1.94 bits per heavy atom. The van der Waals surface area contributed by atoms with E-state index in [1.807, 2.05) is 44.2 Å². The molecule has 0 fully saturated rings. The maximum absolute atomic E-state index is 11.9. The van der Waals surface area contributed by atoms with Crippen LogP contribution in [0.2, 0.25) is 0 Å². The van der Waals surface area contributed by atoms with Gasteiger partial charge in [0.05, 0.1) is 0 Å². The molecule has 1 aromatic carbocycles. The SMILES string of the molecule is CCCC(C)(C)NC(=O)CC(N)c1ccccc1. The summed E-state index contributed by atoms with van der Waals surface area (Å²) in [5, 5.41) is 3.04. The highest BCUT2D eigenvalue weighted by molar-refractivity contribution is 5.77. The molecule has 1 atom stereocenters. The van der Waals surface area contributed by atoms with Gasteiger partial charge in [0, 0.05) is 18.0 Å². The van der Waals surface area contributed by atoms with Gasteiger partial charge in [-0.2, -0.15) is 0 Å². The molecule has 1 aromatic rings. The first-order valence-corrected chi connectivity index (χ1v) is 6.56.